The van der Waals surface area contributed by atoms with Crippen molar-refractivity contribution in [3.8, 4) is 0 Å². The van der Waals surface area contributed by atoms with Crippen LogP contribution in [0.1, 0.15) is 28.2 Å². The smallest absolute Gasteiger partial charge is 0.196 e. The zero-order valence-electron chi connectivity index (χ0n) is 23.4. The van der Waals surface area contributed by atoms with Crippen LogP contribution in [0.5, 0.6) is 0 Å². The van der Waals surface area contributed by atoms with Gasteiger partial charge in [0.2, 0.25) is 0 Å². The first-order chi connectivity index (χ1) is 20.8. The minimum atomic E-state index is -0.768. The molecule has 0 radical (unpaired) electrons. The number of hydrogen-bond acceptors (Lipinski definition) is 7. The van der Waals surface area contributed by atoms with Crippen molar-refractivity contribution in [2.24, 2.45) is 4.99 Å². The average molecular weight is 556 g/mol. The van der Waals surface area contributed by atoms with E-state index < -0.39 is 11.3 Å². The second-order valence-corrected chi connectivity index (χ2v) is 11.5. The van der Waals surface area contributed by atoms with Crippen molar-refractivity contribution in [3.63, 3.8) is 0 Å². The van der Waals surface area contributed by atoms with Crippen molar-refractivity contribution < 1.29 is 0 Å². The number of imidazole rings is 1. The van der Waals surface area contributed by atoms with Gasteiger partial charge in [0, 0.05) is 67.0 Å². The molecule has 4 aliphatic heterocycles. The first kappa shape index (κ1) is 24.2. The van der Waals surface area contributed by atoms with Gasteiger partial charge in [0.15, 0.2) is 17.2 Å². The van der Waals surface area contributed by atoms with E-state index in [4.69, 9.17) is 9.98 Å². The normalized spacial score (nSPS) is 25.6. The maximum Gasteiger partial charge on any atom is 0.196 e. The molecule has 0 spiro atoms. The highest BCUT2D eigenvalue weighted by Gasteiger charge is 2.69. The van der Waals surface area contributed by atoms with Gasteiger partial charge in [-0.3, -0.25) is 4.99 Å². The Morgan fingerprint density at radius 2 is 1.64 bits per heavy atom. The molecule has 0 amide bonds. The molecule has 1 fully saturated rings. The first-order valence-electron chi connectivity index (χ1n) is 14.9. The van der Waals surface area contributed by atoms with Crippen LogP contribution in [0.4, 0.5) is 5.69 Å². The van der Waals surface area contributed by atoms with E-state index in [1.165, 1.54) is 38.8 Å². The van der Waals surface area contributed by atoms with Gasteiger partial charge < -0.3 is 25.1 Å². The van der Waals surface area contributed by atoms with Crippen LogP contribution in [-0.2, 0) is 17.7 Å². The Kier molecular flexibility index (Phi) is 5.20. The third-order valence-electron chi connectivity index (χ3n) is 9.58. The second kappa shape index (κ2) is 9.03. The lowest BCUT2D eigenvalue weighted by atomic mass is 9.89. The maximum atomic E-state index is 5.04. The Hall–Kier alpha value is -4.44. The summed E-state index contributed by atoms with van der Waals surface area (Å²) in [6.07, 6.45) is 9.02. The predicted octanol–water partition coefficient (Wildman–Crippen LogP) is 3.79. The number of anilines is 1. The fraction of sp³-hybridized carbons (Fsp3) is 0.273. The molecule has 0 aliphatic carbocycles. The maximum absolute atomic E-state index is 5.04. The van der Waals surface area contributed by atoms with Gasteiger partial charge in [-0.05, 0) is 23.4 Å². The van der Waals surface area contributed by atoms with E-state index in [0.29, 0.717) is 0 Å². The van der Waals surface area contributed by atoms with Crippen molar-refractivity contribution in [3.05, 3.63) is 120 Å². The lowest BCUT2D eigenvalue weighted by Crippen LogP contribution is -2.70. The quantitative estimate of drug-likeness (QED) is 0.306. The molecule has 3 aromatic carbocycles. The number of hydrogen-bond donors (Lipinski definition) is 3. The lowest BCUT2D eigenvalue weighted by Gasteiger charge is -2.55. The van der Waals surface area contributed by atoms with Crippen LogP contribution in [0.25, 0.3) is 10.8 Å². The van der Waals surface area contributed by atoms with Gasteiger partial charge in [0.05, 0.1) is 25.2 Å². The number of H-pyrrole nitrogens is 2. The number of para-hydroxylation sites is 1. The van der Waals surface area contributed by atoms with Gasteiger partial charge in [0.1, 0.15) is 0 Å². The summed E-state index contributed by atoms with van der Waals surface area (Å²) in [5.41, 5.74) is 4.79. The number of aromatic nitrogens is 3. The fourth-order valence-corrected chi connectivity index (χ4v) is 8.03. The highest BCUT2D eigenvalue weighted by molar-refractivity contribution is 5.88. The zero-order valence-corrected chi connectivity index (χ0v) is 23.4. The molecule has 4 aliphatic rings. The van der Waals surface area contributed by atoms with Crippen molar-refractivity contribution >= 4 is 22.8 Å². The van der Waals surface area contributed by atoms with Crippen LogP contribution in [0, 0.1) is 0 Å². The monoisotopic (exact) mass is 555 g/mol. The number of rotatable bonds is 5. The van der Waals surface area contributed by atoms with Crippen LogP contribution >= 0.6 is 0 Å². The topological polar surface area (TPSA) is 81.8 Å². The van der Waals surface area contributed by atoms with Gasteiger partial charge in [-0.2, -0.15) is 5.01 Å². The van der Waals surface area contributed by atoms with E-state index in [9.17, 15) is 0 Å². The Bertz CT molecular complexity index is 1800. The molecule has 1 saturated heterocycles. The Morgan fingerprint density at radius 1 is 0.810 bits per heavy atom. The number of aliphatic imine (C=N–C) groups is 1. The summed E-state index contributed by atoms with van der Waals surface area (Å²) in [6, 6.07) is 26.7. The minimum Gasteiger partial charge on any atom is -0.361 e. The molecule has 42 heavy (non-hydrogen) atoms. The molecule has 6 heterocycles. The zero-order chi connectivity index (χ0) is 27.7. The highest BCUT2D eigenvalue weighted by Crippen LogP contribution is 2.60. The van der Waals surface area contributed by atoms with E-state index in [0.717, 1.165) is 51.6 Å². The number of hydrazine groups is 1. The summed E-state index contributed by atoms with van der Waals surface area (Å²) in [6.45, 7) is 4.95. The molecule has 0 saturated carbocycles. The highest BCUT2D eigenvalue weighted by atomic mass is 15.8. The van der Waals surface area contributed by atoms with E-state index in [1.807, 2.05) is 18.7 Å². The fourth-order valence-electron chi connectivity index (χ4n) is 8.03. The van der Waals surface area contributed by atoms with Crippen LogP contribution in [0.2, 0.25) is 0 Å². The summed E-state index contributed by atoms with van der Waals surface area (Å²) in [5, 5.41) is 11.2. The molecule has 9 nitrogen and oxygen atoms in total. The van der Waals surface area contributed by atoms with Crippen LogP contribution in [0.3, 0.4) is 0 Å². The van der Waals surface area contributed by atoms with Gasteiger partial charge >= 0.3 is 0 Å². The summed E-state index contributed by atoms with van der Waals surface area (Å²) in [7, 11) is 0. The van der Waals surface area contributed by atoms with E-state index >= 15 is 0 Å². The molecule has 9 rings (SSSR count). The second-order valence-electron chi connectivity index (χ2n) is 11.5. The molecule has 3 N–H and O–H groups in total. The summed E-state index contributed by atoms with van der Waals surface area (Å²) >= 11 is 0. The van der Waals surface area contributed by atoms with Crippen molar-refractivity contribution in [1.82, 2.24) is 35.2 Å². The summed E-state index contributed by atoms with van der Waals surface area (Å²) < 4.78 is 0. The summed E-state index contributed by atoms with van der Waals surface area (Å²) in [4.78, 5) is 22.3. The average Bonchev–Trinajstić information content (AvgIpc) is 3.87. The Morgan fingerprint density at radius 3 is 2.45 bits per heavy atom. The van der Waals surface area contributed by atoms with Crippen LogP contribution < -0.4 is 10.2 Å². The number of aromatic amines is 2. The standard InChI is InChI=1S/C33H33N9/c1-3-9-26-25(8-1)21-38-30(26)32(41-18-13-24-7-2-6-12-29(24)41)27-10-4-5-11-28(27)33(31-36-14-15-37-31,39-19-16-34-22-39)42(32)40-20-17-35-23-40/h1-12,14-15,21-22,35,38H,13,16-20,23H2,(H,36,37). The third-order valence-corrected chi connectivity index (χ3v) is 9.58. The number of nitrogens with one attached hydrogen (secondary N) is 3. The first-order valence-corrected chi connectivity index (χ1v) is 14.9. The van der Waals surface area contributed by atoms with Crippen LogP contribution in [0.15, 0.2) is 96.4 Å². The van der Waals surface area contributed by atoms with Crippen molar-refractivity contribution in [2.45, 2.75) is 17.7 Å². The van der Waals surface area contributed by atoms with Crippen molar-refractivity contribution in [1.29, 1.82) is 0 Å². The molecule has 5 aromatic rings. The van der Waals surface area contributed by atoms with Crippen LogP contribution in [-0.4, -0.2) is 75.6 Å². The third kappa shape index (κ3) is 2.97. The van der Waals surface area contributed by atoms with E-state index in [2.05, 4.69) is 114 Å². The Balaban J connectivity index is 1.46. The number of nitrogens with zero attached hydrogens (tertiary/aromatic N) is 6. The molecule has 2 unspecified atom stereocenters. The van der Waals surface area contributed by atoms with Crippen molar-refractivity contribution in [2.75, 3.05) is 44.3 Å². The van der Waals surface area contributed by atoms with Gasteiger partial charge in [0.25, 0.3) is 0 Å². The molecule has 9 heteroatoms. The molecule has 210 valence electrons. The van der Waals surface area contributed by atoms with E-state index in [1.54, 1.807) is 0 Å². The van der Waals surface area contributed by atoms with E-state index in [-0.39, 0.29) is 0 Å². The Labute approximate surface area is 244 Å². The molecule has 2 aromatic heterocycles. The molecular weight excluding hydrogens is 522 g/mol. The number of fused-ring (bicyclic) bond motifs is 3. The minimum absolute atomic E-state index is 0.721. The van der Waals surface area contributed by atoms with Gasteiger partial charge in [-0.15, -0.1) is 0 Å². The predicted molar refractivity (Wildman–Crippen MR) is 164 cm³/mol. The molecule has 0 bridgehead atoms. The molecule has 2 atom stereocenters. The lowest BCUT2D eigenvalue weighted by molar-refractivity contribution is -0.177. The van der Waals surface area contributed by atoms with Gasteiger partial charge in [-0.1, -0.05) is 66.7 Å². The SMILES string of the molecule is C1=NCCN1C1(c2ncc[nH]2)c2ccccc2C(c2[nH]cc3ccccc23)(N2CCc3ccccc32)N1N1CCNC1. The summed E-state index contributed by atoms with van der Waals surface area (Å²) in [5.74, 6) is 0.889. The van der Waals surface area contributed by atoms with Gasteiger partial charge in [-0.25, -0.2) is 9.99 Å². The largest absolute Gasteiger partial charge is 0.361 e. The molecular formula is C33H33N9. The number of benzene rings is 3.